The van der Waals surface area contributed by atoms with Gasteiger partial charge in [0.15, 0.2) is 11.5 Å². The summed E-state index contributed by atoms with van der Waals surface area (Å²) in [7, 11) is 0. The highest BCUT2D eigenvalue weighted by molar-refractivity contribution is 7.91. The molecule has 1 aliphatic rings. The fraction of sp³-hybridized carbons (Fsp3) is 0.538. The molecule has 17 heavy (non-hydrogen) atoms. The molecule has 0 spiro atoms. The number of rotatable bonds is 6. The van der Waals surface area contributed by atoms with E-state index in [2.05, 4.69) is 6.92 Å². The quantitative estimate of drug-likeness (QED) is 0.732. The smallest absolute Gasteiger partial charge is 0.231 e. The van der Waals surface area contributed by atoms with Crippen molar-refractivity contribution in [2.45, 2.75) is 26.2 Å². The standard InChI is InChI=1S/C13H18O3S/c1-2-3-7-17(14)8-6-11-4-5-12-13(9-11)16-10-15-12/h4-5,9H,2-3,6-8,10H2,1H3. The Balaban J connectivity index is 1.83. The third-order valence-corrected chi connectivity index (χ3v) is 4.18. The average Bonchev–Trinajstić information content (AvgIpc) is 2.81. The fourth-order valence-corrected chi connectivity index (χ4v) is 3.01. The maximum atomic E-state index is 11.7. The van der Waals surface area contributed by atoms with Crippen molar-refractivity contribution in [3.8, 4) is 11.5 Å². The van der Waals surface area contributed by atoms with Gasteiger partial charge in [-0.3, -0.25) is 0 Å². The molecule has 0 aliphatic carbocycles. The highest BCUT2D eigenvalue weighted by atomic mass is 32.2. The summed E-state index contributed by atoms with van der Waals surface area (Å²) in [5, 5.41) is 0. The Kier molecular flexibility index (Phi) is 4.57. The molecule has 3 nitrogen and oxygen atoms in total. The third-order valence-electron chi connectivity index (χ3n) is 2.78. The van der Waals surface area contributed by atoms with Crippen LogP contribution in [-0.4, -0.2) is 22.9 Å². The van der Waals surface area contributed by atoms with Gasteiger partial charge in [-0.1, -0.05) is 30.6 Å². The van der Waals surface area contributed by atoms with Crippen LogP contribution in [0.5, 0.6) is 11.5 Å². The van der Waals surface area contributed by atoms with Gasteiger partial charge in [-0.25, -0.2) is 0 Å². The highest BCUT2D eigenvalue weighted by Crippen LogP contribution is 2.32. The van der Waals surface area contributed by atoms with E-state index in [1.807, 2.05) is 18.2 Å². The van der Waals surface area contributed by atoms with Crippen LogP contribution in [0.4, 0.5) is 0 Å². The molecular weight excluding hydrogens is 236 g/mol. The predicted molar refractivity (Wildman–Crippen MR) is 69.1 cm³/mol. The lowest BCUT2D eigenvalue weighted by Crippen LogP contribution is -2.12. The van der Waals surface area contributed by atoms with Crippen molar-refractivity contribution in [2.75, 3.05) is 18.3 Å². The molecule has 4 heteroatoms. The Morgan fingerprint density at radius 2 is 2.06 bits per heavy atom. The Hall–Kier alpha value is -0.870. The van der Waals surface area contributed by atoms with Crippen LogP contribution < -0.4 is 9.47 Å². The van der Waals surface area contributed by atoms with Gasteiger partial charge in [0.05, 0.1) is 0 Å². The first-order valence-corrected chi connectivity index (χ1v) is 7.52. The van der Waals surface area contributed by atoms with E-state index < -0.39 is 11.2 Å². The molecule has 0 amide bonds. The molecule has 0 fully saturated rings. The number of hydrogen-bond acceptors (Lipinski definition) is 3. The largest absolute Gasteiger partial charge is 0.616 e. The van der Waals surface area contributed by atoms with E-state index in [-0.39, 0.29) is 0 Å². The Morgan fingerprint density at radius 3 is 2.88 bits per heavy atom. The van der Waals surface area contributed by atoms with Crippen LogP contribution in [0.15, 0.2) is 18.2 Å². The van der Waals surface area contributed by atoms with Crippen molar-refractivity contribution in [1.82, 2.24) is 0 Å². The van der Waals surface area contributed by atoms with Gasteiger partial charge < -0.3 is 14.0 Å². The lowest BCUT2D eigenvalue weighted by atomic mass is 10.1. The normalized spacial score (nSPS) is 14.9. The molecule has 1 atom stereocenters. The summed E-state index contributed by atoms with van der Waals surface area (Å²) in [6.45, 7) is 2.43. The Labute approximate surface area is 105 Å². The van der Waals surface area contributed by atoms with Gasteiger partial charge >= 0.3 is 0 Å². The molecule has 0 saturated heterocycles. The van der Waals surface area contributed by atoms with E-state index in [1.165, 1.54) is 5.56 Å². The molecule has 0 N–H and O–H groups in total. The highest BCUT2D eigenvalue weighted by Gasteiger charge is 2.14. The van der Waals surface area contributed by atoms with E-state index in [0.29, 0.717) is 6.79 Å². The Morgan fingerprint density at radius 1 is 1.24 bits per heavy atom. The summed E-state index contributed by atoms with van der Waals surface area (Å²) >= 11 is -0.691. The Bertz CT molecular complexity index is 368. The maximum Gasteiger partial charge on any atom is 0.231 e. The van der Waals surface area contributed by atoms with Crippen LogP contribution in [0.25, 0.3) is 0 Å². The van der Waals surface area contributed by atoms with Crippen LogP contribution in [0, 0.1) is 0 Å². The van der Waals surface area contributed by atoms with Crippen molar-refractivity contribution < 1.29 is 14.0 Å². The van der Waals surface area contributed by atoms with Crippen LogP contribution in [0.3, 0.4) is 0 Å². The molecule has 0 bridgehead atoms. The summed E-state index contributed by atoms with van der Waals surface area (Å²) in [5.74, 6) is 3.17. The molecule has 1 unspecified atom stereocenters. The first kappa shape index (κ1) is 12.6. The zero-order valence-corrected chi connectivity index (χ0v) is 10.9. The number of benzene rings is 1. The van der Waals surface area contributed by atoms with E-state index in [4.69, 9.17) is 9.47 Å². The van der Waals surface area contributed by atoms with Crippen LogP contribution in [0.2, 0.25) is 0 Å². The molecule has 1 aromatic rings. The van der Waals surface area contributed by atoms with Gasteiger partial charge in [-0.2, -0.15) is 0 Å². The molecule has 1 aromatic carbocycles. The minimum atomic E-state index is -0.691. The fourth-order valence-electron chi connectivity index (χ4n) is 1.74. The van der Waals surface area contributed by atoms with Gasteiger partial charge in [-0.05, 0) is 24.1 Å². The number of hydrogen-bond donors (Lipinski definition) is 0. The van der Waals surface area contributed by atoms with Gasteiger partial charge in [0.2, 0.25) is 6.79 Å². The topological polar surface area (TPSA) is 41.5 Å². The molecule has 1 heterocycles. The molecule has 2 rings (SSSR count). The zero-order valence-electron chi connectivity index (χ0n) is 10.1. The first-order chi connectivity index (χ1) is 8.29. The van der Waals surface area contributed by atoms with Crippen molar-refractivity contribution in [2.24, 2.45) is 0 Å². The van der Waals surface area contributed by atoms with Crippen LogP contribution in [-0.2, 0) is 17.6 Å². The maximum absolute atomic E-state index is 11.7. The minimum absolute atomic E-state index is 0.307. The first-order valence-electron chi connectivity index (χ1n) is 6.03. The lowest BCUT2D eigenvalue weighted by Gasteiger charge is -2.10. The molecule has 1 aliphatic heterocycles. The van der Waals surface area contributed by atoms with Gasteiger partial charge in [0.25, 0.3) is 0 Å². The summed E-state index contributed by atoms with van der Waals surface area (Å²) in [4.78, 5) is 0. The van der Waals surface area contributed by atoms with Crippen molar-refractivity contribution in [3.05, 3.63) is 23.8 Å². The van der Waals surface area contributed by atoms with Gasteiger partial charge in [-0.15, -0.1) is 0 Å². The van der Waals surface area contributed by atoms with E-state index >= 15 is 0 Å². The number of aryl methyl sites for hydroxylation is 1. The second kappa shape index (κ2) is 6.17. The summed E-state index contributed by atoms with van der Waals surface area (Å²) in [6.07, 6.45) is 3.00. The van der Waals surface area contributed by atoms with Crippen LogP contribution in [0.1, 0.15) is 25.3 Å². The molecule has 94 valence electrons. The second-order valence-electron chi connectivity index (χ2n) is 4.14. The number of unbranched alkanes of at least 4 members (excludes halogenated alkanes) is 1. The number of ether oxygens (including phenoxy) is 2. The van der Waals surface area contributed by atoms with Crippen molar-refractivity contribution >= 4 is 11.2 Å². The third kappa shape index (κ3) is 3.54. The monoisotopic (exact) mass is 254 g/mol. The summed E-state index contributed by atoms with van der Waals surface area (Å²) in [5.41, 5.74) is 1.17. The molecule has 0 radical (unpaired) electrons. The van der Waals surface area contributed by atoms with Crippen molar-refractivity contribution in [3.63, 3.8) is 0 Å². The lowest BCUT2D eigenvalue weighted by molar-refractivity contribution is 0.174. The number of fused-ring (bicyclic) bond motifs is 1. The predicted octanol–water partition coefficient (Wildman–Crippen LogP) is 2.51. The van der Waals surface area contributed by atoms with Gasteiger partial charge in [0.1, 0.15) is 11.5 Å². The van der Waals surface area contributed by atoms with E-state index in [0.717, 1.165) is 42.3 Å². The molecule has 0 aromatic heterocycles. The second-order valence-corrected chi connectivity index (χ2v) is 5.84. The SMILES string of the molecule is CCCC[S+]([O-])CCc1ccc2c(c1)OCO2. The van der Waals surface area contributed by atoms with Crippen molar-refractivity contribution in [1.29, 1.82) is 0 Å². The minimum Gasteiger partial charge on any atom is -0.616 e. The average molecular weight is 254 g/mol. The molecule has 0 saturated carbocycles. The summed E-state index contributed by atoms with van der Waals surface area (Å²) in [6, 6.07) is 5.93. The van der Waals surface area contributed by atoms with E-state index in [1.54, 1.807) is 0 Å². The van der Waals surface area contributed by atoms with E-state index in [9.17, 15) is 4.55 Å². The van der Waals surface area contributed by atoms with Gasteiger partial charge in [0, 0.05) is 6.42 Å². The zero-order chi connectivity index (χ0) is 12.1. The molecular formula is C13H18O3S. The summed E-state index contributed by atoms with van der Waals surface area (Å²) < 4.78 is 22.2. The van der Waals surface area contributed by atoms with Crippen LogP contribution >= 0.6 is 0 Å².